The lowest BCUT2D eigenvalue weighted by Crippen LogP contribution is -2.17. The van der Waals surface area contributed by atoms with Gasteiger partial charge in [0.05, 0.1) is 5.52 Å². The van der Waals surface area contributed by atoms with Gasteiger partial charge in [-0.3, -0.25) is 4.79 Å². The van der Waals surface area contributed by atoms with Crippen LogP contribution in [0, 0.1) is 0 Å². The van der Waals surface area contributed by atoms with Gasteiger partial charge in [-0.2, -0.15) is 4.98 Å². The number of benzene rings is 1. The predicted molar refractivity (Wildman–Crippen MR) is 70.0 cm³/mol. The van der Waals surface area contributed by atoms with Crippen molar-refractivity contribution in [2.45, 2.75) is 0 Å². The summed E-state index contributed by atoms with van der Waals surface area (Å²) >= 11 is 0. The second-order valence-electron chi connectivity index (χ2n) is 4.03. The molecule has 0 atom stereocenters. The Balaban J connectivity index is 2.47. The summed E-state index contributed by atoms with van der Waals surface area (Å²) in [5.74, 6) is 0.131. The molecule has 0 amide bonds. The number of fused-ring (bicyclic) bond motifs is 1. The van der Waals surface area contributed by atoms with Crippen molar-refractivity contribution in [2.75, 3.05) is 30.9 Å². The zero-order chi connectivity index (χ0) is 13.1. The van der Waals surface area contributed by atoms with Gasteiger partial charge in [-0.05, 0) is 12.1 Å². The summed E-state index contributed by atoms with van der Waals surface area (Å²) in [6, 6.07) is 7.61. The minimum Gasteiger partial charge on any atom is -0.480 e. The highest BCUT2D eigenvalue weighted by atomic mass is 16.4. The molecule has 0 bridgehead atoms. The average molecular weight is 246 g/mol. The number of anilines is 2. The number of carboxylic acids is 1. The minimum atomic E-state index is -0.946. The molecule has 6 nitrogen and oxygen atoms in total. The van der Waals surface area contributed by atoms with E-state index in [1.54, 1.807) is 0 Å². The Bertz CT molecular complexity index is 583. The highest BCUT2D eigenvalue weighted by Gasteiger charge is 2.09. The quantitative estimate of drug-likeness (QED) is 0.843. The highest BCUT2D eigenvalue weighted by molar-refractivity contribution is 5.90. The van der Waals surface area contributed by atoms with E-state index in [9.17, 15) is 4.79 Å². The van der Waals surface area contributed by atoms with Gasteiger partial charge in [0, 0.05) is 19.5 Å². The van der Waals surface area contributed by atoms with Crippen LogP contribution in [0.15, 0.2) is 24.3 Å². The van der Waals surface area contributed by atoms with Crippen LogP contribution in [0.3, 0.4) is 0 Å². The highest BCUT2D eigenvalue weighted by Crippen LogP contribution is 2.23. The summed E-state index contributed by atoms with van der Waals surface area (Å²) in [6.45, 7) is -0.203. The van der Waals surface area contributed by atoms with Crippen LogP contribution in [0.2, 0.25) is 0 Å². The lowest BCUT2D eigenvalue weighted by atomic mass is 10.2. The van der Waals surface area contributed by atoms with E-state index >= 15 is 0 Å². The van der Waals surface area contributed by atoms with Gasteiger partial charge in [-0.1, -0.05) is 12.1 Å². The first kappa shape index (κ1) is 12.1. The van der Waals surface area contributed by atoms with Crippen molar-refractivity contribution >= 4 is 28.6 Å². The van der Waals surface area contributed by atoms with E-state index in [1.807, 2.05) is 43.3 Å². The van der Waals surface area contributed by atoms with Crippen LogP contribution < -0.4 is 10.2 Å². The first-order chi connectivity index (χ1) is 8.58. The first-order valence-corrected chi connectivity index (χ1v) is 5.47. The van der Waals surface area contributed by atoms with Crippen molar-refractivity contribution < 1.29 is 9.90 Å². The molecule has 0 spiro atoms. The first-order valence-electron chi connectivity index (χ1n) is 5.47. The van der Waals surface area contributed by atoms with Crippen molar-refractivity contribution in [2.24, 2.45) is 0 Å². The fraction of sp³-hybridized carbons (Fsp3) is 0.250. The number of nitrogens with one attached hydrogen (secondary N) is 1. The zero-order valence-electron chi connectivity index (χ0n) is 10.2. The molecule has 0 aliphatic carbocycles. The molecular weight excluding hydrogens is 232 g/mol. The molecule has 0 fully saturated rings. The smallest absolute Gasteiger partial charge is 0.322 e. The molecular formula is C12H14N4O2. The van der Waals surface area contributed by atoms with E-state index in [1.165, 1.54) is 0 Å². The second kappa shape index (κ2) is 4.87. The summed E-state index contributed by atoms with van der Waals surface area (Å²) in [5, 5.41) is 12.3. The Hall–Kier alpha value is -2.37. The number of hydrogen-bond acceptors (Lipinski definition) is 5. The van der Waals surface area contributed by atoms with E-state index < -0.39 is 5.97 Å². The minimum absolute atomic E-state index is 0.203. The van der Waals surface area contributed by atoms with Crippen LogP contribution >= 0.6 is 0 Å². The van der Waals surface area contributed by atoms with Crippen molar-refractivity contribution in [1.82, 2.24) is 9.97 Å². The van der Waals surface area contributed by atoms with Crippen LogP contribution in [0.25, 0.3) is 10.9 Å². The Morgan fingerprint density at radius 3 is 2.72 bits per heavy atom. The van der Waals surface area contributed by atoms with E-state index in [4.69, 9.17) is 5.11 Å². The van der Waals surface area contributed by atoms with Crippen molar-refractivity contribution in [3.05, 3.63) is 24.3 Å². The van der Waals surface area contributed by atoms with Crippen LogP contribution in [-0.4, -0.2) is 41.7 Å². The topological polar surface area (TPSA) is 78.4 Å². The Morgan fingerprint density at radius 1 is 1.33 bits per heavy atom. The third-order valence-corrected chi connectivity index (χ3v) is 2.40. The van der Waals surface area contributed by atoms with E-state index in [0.717, 1.165) is 16.7 Å². The number of rotatable bonds is 4. The molecule has 2 rings (SSSR count). The number of aliphatic carboxylic acids is 1. The van der Waals surface area contributed by atoms with Crippen LogP contribution in [0.5, 0.6) is 0 Å². The average Bonchev–Trinajstić information content (AvgIpc) is 2.35. The standard InChI is InChI=1S/C12H14N4O2/c1-16(2)11-8-5-3-4-6-9(8)14-12(15-11)13-7-10(17)18/h3-6H,7H2,1-2H3,(H,17,18)(H,13,14,15). The fourth-order valence-corrected chi connectivity index (χ4v) is 1.63. The third kappa shape index (κ3) is 2.48. The molecule has 0 saturated carbocycles. The SMILES string of the molecule is CN(C)c1nc(NCC(=O)O)nc2ccccc12. The Kier molecular flexibility index (Phi) is 3.27. The van der Waals surface area contributed by atoms with Gasteiger partial charge >= 0.3 is 5.97 Å². The molecule has 2 N–H and O–H groups in total. The molecule has 0 aliphatic rings. The summed E-state index contributed by atoms with van der Waals surface area (Å²) in [7, 11) is 3.77. The third-order valence-electron chi connectivity index (χ3n) is 2.40. The van der Waals surface area contributed by atoms with Gasteiger partial charge in [-0.25, -0.2) is 4.98 Å². The molecule has 0 radical (unpaired) electrons. The number of aromatic nitrogens is 2. The Labute approximate surface area is 104 Å². The molecule has 6 heteroatoms. The fourth-order valence-electron chi connectivity index (χ4n) is 1.63. The maximum atomic E-state index is 10.5. The molecule has 0 aliphatic heterocycles. The van der Waals surface area contributed by atoms with E-state index in [2.05, 4.69) is 15.3 Å². The number of carbonyl (C=O) groups is 1. The van der Waals surface area contributed by atoms with Crippen molar-refractivity contribution in [3.63, 3.8) is 0 Å². The maximum absolute atomic E-state index is 10.5. The van der Waals surface area contributed by atoms with Gasteiger partial charge in [0.1, 0.15) is 12.4 Å². The van der Waals surface area contributed by atoms with Gasteiger partial charge in [0.25, 0.3) is 0 Å². The lowest BCUT2D eigenvalue weighted by Gasteiger charge is -2.15. The van der Waals surface area contributed by atoms with Crippen LogP contribution in [0.1, 0.15) is 0 Å². The summed E-state index contributed by atoms with van der Waals surface area (Å²) in [6.07, 6.45) is 0. The van der Waals surface area contributed by atoms with Crippen LogP contribution in [-0.2, 0) is 4.79 Å². The van der Waals surface area contributed by atoms with Gasteiger partial charge in [0.2, 0.25) is 5.95 Å². The van der Waals surface area contributed by atoms with Crippen molar-refractivity contribution in [1.29, 1.82) is 0 Å². The van der Waals surface area contributed by atoms with Gasteiger partial charge in [-0.15, -0.1) is 0 Å². The monoisotopic (exact) mass is 246 g/mol. The molecule has 1 aromatic carbocycles. The zero-order valence-corrected chi connectivity index (χ0v) is 10.2. The van der Waals surface area contributed by atoms with Crippen LogP contribution in [0.4, 0.5) is 11.8 Å². The summed E-state index contributed by atoms with van der Waals surface area (Å²) < 4.78 is 0. The number of nitrogens with zero attached hydrogens (tertiary/aromatic N) is 3. The summed E-state index contributed by atoms with van der Waals surface area (Å²) in [4.78, 5) is 21.0. The maximum Gasteiger partial charge on any atom is 0.322 e. The van der Waals surface area contributed by atoms with Gasteiger partial charge in [0.15, 0.2) is 0 Å². The molecule has 18 heavy (non-hydrogen) atoms. The molecule has 1 heterocycles. The molecule has 0 saturated heterocycles. The summed E-state index contributed by atoms with van der Waals surface area (Å²) in [5.41, 5.74) is 0.782. The number of hydrogen-bond donors (Lipinski definition) is 2. The molecule has 2 aromatic rings. The second-order valence-corrected chi connectivity index (χ2v) is 4.03. The largest absolute Gasteiger partial charge is 0.480 e. The predicted octanol–water partition coefficient (Wildman–Crippen LogP) is 1.19. The van der Waals surface area contributed by atoms with Gasteiger partial charge < -0.3 is 15.3 Å². The van der Waals surface area contributed by atoms with E-state index in [0.29, 0.717) is 5.95 Å². The lowest BCUT2D eigenvalue weighted by molar-refractivity contribution is -0.134. The number of para-hydroxylation sites is 1. The molecule has 94 valence electrons. The Morgan fingerprint density at radius 2 is 2.06 bits per heavy atom. The normalized spacial score (nSPS) is 10.3. The molecule has 1 aromatic heterocycles. The van der Waals surface area contributed by atoms with E-state index in [-0.39, 0.29) is 6.54 Å². The molecule has 0 unspecified atom stereocenters. The van der Waals surface area contributed by atoms with Crippen molar-refractivity contribution in [3.8, 4) is 0 Å². The number of carboxylic acid groups (broad SMARTS) is 1.